The van der Waals surface area contributed by atoms with Gasteiger partial charge < -0.3 is 10.2 Å². The number of benzene rings is 2. The maximum Gasteiger partial charge on any atom is 0.248 e. The predicted molar refractivity (Wildman–Crippen MR) is 118 cm³/mol. The second kappa shape index (κ2) is 9.09. The summed E-state index contributed by atoms with van der Waals surface area (Å²) in [5, 5.41) is 3.50. The van der Waals surface area contributed by atoms with Crippen LogP contribution in [0, 0.1) is 0 Å². The van der Waals surface area contributed by atoms with E-state index in [1.165, 1.54) is 11.6 Å². The van der Waals surface area contributed by atoms with Crippen LogP contribution in [0.4, 0.5) is 11.4 Å². The van der Waals surface area contributed by atoms with E-state index in [1.807, 2.05) is 30.3 Å². The molecular formula is C23H29ClN2O. The molecule has 0 aromatic heterocycles. The van der Waals surface area contributed by atoms with Crippen molar-refractivity contribution < 1.29 is 4.79 Å². The van der Waals surface area contributed by atoms with Crippen molar-refractivity contribution in [3.8, 4) is 0 Å². The van der Waals surface area contributed by atoms with Crippen molar-refractivity contribution in [3.63, 3.8) is 0 Å². The normalized spacial score (nSPS) is 11.6. The molecule has 0 heterocycles. The fraction of sp³-hybridized carbons (Fsp3) is 0.348. The number of amides is 1. The first kappa shape index (κ1) is 21.0. The summed E-state index contributed by atoms with van der Waals surface area (Å²) in [4.78, 5) is 14.4. The minimum atomic E-state index is -0.179. The molecule has 0 aliphatic heterocycles. The van der Waals surface area contributed by atoms with Crippen LogP contribution in [0.15, 0.2) is 48.5 Å². The van der Waals surface area contributed by atoms with Gasteiger partial charge in [0, 0.05) is 24.9 Å². The van der Waals surface area contributed by atoms with Gasteiger partial charge in [0.1, 0.15) is 0 Å². The van der Waals surface area contributed by atoms with Gasteiger partial charge in [-0.05, 0) is 54.7 Å². The first-order valence-electron chi connectivity index (χ1n) is 9.38. The van der Waals surface area contributed by atoms with E-state index in [0.717, 1.165) is 24.3 Å². The van der Waals surface area contributed by atoms with E-state index in [2.05, 4.69) is 57.0 Å². The molecule has 0 spiro atoms. The molecule has 2 aromatic carbocycles. The largest absolute Gasteiger partial charge is 0.371 e. The molecule has 0 fully saturated rings. The SMILES string of the molecule is CCN(CC)c1ccc(NC(=O)/C=C/c2ccc(C(C)(C)C)cc2)cc1Cl. The van der Waals surface area contributed by atoms with Crippen molar-refractivity contribution >= 4 is 35.0 Å². The average Bonchev–Trinajstić information content (AvgIpc) is 2.62. The molecule has 144 valence electrons. The van der Waals surface area contributed by atoms with Crippen molar-refractivity contribution in [2.45, 2.75) is 40.0 Å². The maximum atomic E-state index is 12.2. The van der Waals surface area contributed by atoms with Gasteiger partial charge in [-0.25, -0.2) is 0 Å². The highest BCUT2D eigenvalue weighted by molar-refractivity contribution is 6.33. The Balaban J connectivity index is 2.03. The zero-order valence-corrected chi connectivity index (χ0v) is 17.6. The summed E-state index contributed by atoms with van der Waals surface area (Å²) in [7, 11) is 0. The third-order valence-corrected chi connectivity index (χ3v) is 4.83. The molecule has 0 unspecified atom stereocenters. The first-order chi connectivity index (χ1) is 12.7. The molecule has 27 heavy (non-hydrogen) atoms. The van der Waals surface area contributed by atoms with Gasteiger partial charge in [0.05, 0.1) is 10.7 Å². The summed E-state index contributed by atoms with van der Waals surface area (Å²) in [5.41, 5.74) is 4.05. The van der Waals surface area contributed by atoms with Crippen LogP contribution in [-0.2, 0) is 10.2 Å². The molecule has 2 aromatic rings. The first-order valence-corrected chi connectivity index (χ1v) is 9.76. The minimum Gasteiger partial charge on any atom is -0.371 e. The van der Waals surface area contributed by atoms with Gasteiger partial charge in [-0.2, -0.15) is 0 Å². The number of rotatable bonds is 6. The molecule has 0 saturated heterocycles. The standard InChI is InChI=1S/C23H29ClN2O/c1-6-26(7-2)21-14-13-19(16-20(21)24)25-22(27)15-10-17-8-11-18(12-9-17)23(3,4)5/h8-16H,6-7H2,1-5H3,(H,25,27)/b15-10+. The quantitative estimate of drug-likeness (QED) is 0.607. The van der Waals surface area contributed by atoms with Gasteiger partial charge >= 0.3 is 0 Å². The number of hydrogen-bond acceptors (Lipinski definition) is 2. The third-order valence-electron chi connectivity index (χ3n) is 4.52. The maximum absolute atomic E-state index is 12.2. The monoisotopic (exact) mass is 384 g/mol. The number of halogens is 1. The lowest BCUT2D eigenvalue weighted by molar-refractivity contribution is -0.111. The molecule has 2 rings (SSSR count). The van der Waals surface area contributed by atoms with Gasteiger partial charge in [-0.1, -0.05) is 56.6 Å². The number of anilines is 2. The Hall–Kier alpha value is -2.26. The second-order valence-electron chi connectivity index (χ2n) is 7.53. The molecular weight excluding hydrogens is 356 g/mol. The van der Waals surface area contributed by atoms with Crippen molar-refractivity contribution in [1.82, 2.24) is 0 Å². The van der Waals surface area contributed by atoms with Crippen LogP contribution in [0.25, 0.3) is 6.08 Å². The highest BCUT2D eigenvalue weighted by Gasteiger charge is 2.12. The van der Waals surface area contributed by atoms with Gasteiger partial charge in [-0.3, -0.25) is 4.79 Å². The number of nitrogens with one attached hydrogen (secondary N) is 1. The number of nitrogens with zero attached hydrogens (tertiary/aromatic N) is 1. The average molecular weight is 385 g/mol. The zero-order valence-electron chi connectivity index (χ0n) is 16.8. The summed E-state index contributed by atoms with van der Waals surface area (Å²) in [6.07, 6.45) is 3.35. The third kappa shape index (κ3) is 5.86. The molecule has 3 nitrogen and oxygen atoms in total. The van der Waals surface area contributed by atoms with Crippen LogP contribution >= 0.6 is 11.6 Å². The Labute approximate surface area is 168 Å². The van der Waals surface area contributed by atoms with Gasteiger partial charge in [0.2, 0.25) is 5.91 Å². The zero-order chi connectivity index (χ0) is 20.0. The number of carbonyl (C=O) groups excluding carboxylic acids is 1. The Bertz CT molecular complexity index is 800. The Morgan fingerprint density at radius 1 is 1.07 bits per heavy atom. The second-order valence-corrected chi connectivity index (χ2v) is 7.94. The van der Waals surface area contributed by atoms with Crippen molar-refractivity contribution in [3.05, 3.63) is 64.7 Å². The van der Waals surface area contributed by atoms with Crippen LogP contribution in [0.5, 0.6) is 0 Å². The van der Waals surface area contributed by atoms with E-state index < -0.39 is 0 Å². The molecule has 0 atom stereocenters. The number of hydrogen-bond donors (Lipinski definition) is 1. The topological polar surface area (TPSA) is 32.3 Å². The molecule has 4 heteroatoms. The smallest absolute Gasteiger partial charge is 0.248 e. The lowest BCUT2D eigenvalue weighted by Gasteiger charge is -2.22. The fourth-order valence-electron chi connectivity index (χ4n) is 2.86. The van der Waals surface area contributed by atoms with Crippen molar-refractivity contribution in [2.24, 2.45) is 0 Å². The summed E-state index contributed by atoms with van der Waals surface area (Å²) >= 11 is 6.38. The van der Waals surface area contributed by atoms with E-state index in [9.17, 15) is 4.79 Å². The summed E-state index contributed by atoms with van der Waals surface area (Å²) in [6.45, 7) is 12.5. The van der Waals surface area contributed by atoms with E-state index in [-0.39, 0.29) is 11.3 Å². The highest BCUT2D eigenvalue weighted by Crippen LogP contribution is 2.29. The molecule has 1 N–H and O–H groups in total. The van der Waals surface area contributed by atoms with Crippen LogP contribution in [0.3, 0.4) is 0 Å². The Morgan fingerprint density at radius 3 is 2.22 bits per heavy atom. The lowest BCUT2D eigenvalue weighted by Crippen LogP contribution is -2.22. The Kier molecular flexibility index (Phi) is 7.09. The van der Waals surface area contributed by atoms with Crippen molar-refractivity contribution in [1.29, 1.82) is 0 Å². The summed E-state index contributed by atoms with van der Waals surface area (Å²) in [5.74, 6) is -0.179. The van der Waals surface area contributed by atoms with Crippen molar-refractivity contribution in [2.75, 3.05) is 23.3 Å². The highest BCUT2D eigenvalue weighted by atomic mass is 35.5. The van der Waals surface area contributed by atoms with Crippen LogP contribution in [0.2, 0.25) is 5.02 Å². The predicted octanol–water partition coefficient (Wildman–Crippen LogP) is 6.14. The van der Waals surface area contributed by atoms with E-state index in [0.29, 0.717) is 10.7 Å². The molecule has 0 aliphatic rings. The molecule has 0 radical (unpaired) electrons. The van der Waals surface area contributed by atoms with E-state index >= 15 is 0 Å². The minimum absolute atomic E-state index is 0.121. The molecule has 0 aliphatic carbocycles. The summed E-state index contributed by atoms with van der Waals surface area (Å²) in [6, 6.07) is 13.9. The molecule has 1 amide bonds. The van der Waals surface area contributed by atoms with E-state index in [4.69, 9.17) is 11.6 Å². The van der Waals surface area contributed by atoms with Crippen LogP contribution in [-0.4, -0.2) is 19.0 Å². The summed E-state index contributed by atoms with van der Waals surface area (Å²) < 4.78 is 0. The van der Waals surface area contributed by atoms with E-state index in [1.54, 1.807) is 6.07 Å². The lowest BCUT2D eigenvalue weighted by atomic mass is 9.87. The number of carbonyl (C=O) groups is 1. The molecule has 0 bridgehead atoms. The Morgan fingerprint density at radius 2 is 1.70 bits per heavy atom. The van der Waals surface area contributed by atoms with Crippen LogP contribution in [0.1, 0.15) is 45.7 Å². The van der Waals surface area contributed by atoms with Gasteiger partial charge in [0.15, 0.2) is 0 Å². The fourth-order valence-corrected chi connectivity index (χ4v) is 3.16. The van der Waals surface area contributed by atoms with Gasteiger partial charge in [-0.15, -0.1) is 0 Å². The molecule has 0 saturated carbocycles. The van der Waals surface area contributed by atoms with Gasteiger partial charge in [0.25, 0.3) is 0 Å². The van der Waals surface area contributed by atoms with Crippen LogP contribution < -0.4 is 10.2 Å².